The van der Waals surface area contributed by atoms with Crippen LogP contribution in [-0.2, 0) is 0 Å². The molecule has 0 aliphatic carbocycles. The summed E-state index contributed by atoms with van der Waals surface area (Å²) in [7, 11) is 1.75. The van der Waals surface area contributed by atoms with E-state index < -0.39 is 0 Å². The zero-order chi connectivity index (χ0) is 13.2. The number of halogens is 2. The molecule has 1 rings (SSSR count). The maximum Gasteiger partial charge on any atom is 0.254 e. The first-order valence-electron chi connectivity index (χ1n) is 5.39. The van der Waals surface area contributed by atoms with Gasteiger partial charge in [-0.15, -0.1) is 11.6 Å². The first-order valence-corrected chi connectivity index (χ1v) is 6.30. The van der Waals surface area contributed by atoms with E-state index in [0.29, 0.717) is 16.5 Å². The van der Waals surface area contributed by atoms with E-state index in [9.17, 15) is 4.79 Å². The molecule has 1 aromatic rings. The molecule has 4 heteroatoms. The van der Waals surface area contributed by atoms with Crippen LogP contribution in [0.25, 0.3) is 0 Å². The molecule has 94 valence electrons. The van der Waals surface area contributed by atoms with Gasteiger partial charge in [-0.25, -0.2) is 0 Å². The standard InChI is InChI=1S/C13H17Cl2NO/c1-9-5-10(7-11(15)6-9)12(17)16(4)13(2,3)8-14/h5-7H,8H2,1-4H3. The highest BCUT2D eigenvalue weighted by Gasteiger charge is 2.27. The van der Waals surface area contributed by atoms with Crippen LogP contribution in [0.15, 0.2) is 18.2 Å². The average Bonchev–Trinajstić information content (AvgIpc) is 2.25. The molecule has 0 saturated heterocycles. The molecule has 0 aliphatic heterocycles. The summed E-state index contributed by atoms with van der Waals surface area (Å²) in [5.41, 5.74) is 1.18. The minimum Gasteiger partial charge on any atom is -0.335 e. The Hall–Kier alpha value is -0.730. The molecule has 0 bridgehead atoms. The number of hydrogen-bond donors (Lipinski definition) is 0. The minimum atomic E-state index is -0.380. The lowest BCUT2D eigenvalue weighted by atomic mass is 10.0. The van der Waals surface area contributed by atoms with Crippen molar-refractivity contribution in [2.75, 3.05) is 12.9 Å². The second-order valence-corrected chi connectivity index (χ2v) is 5.53. The van der Waals surface area contributed by atoms with Crippen molar-refractivity contribution >= 4 is 29.1 Å². The third-order valence-electron chi connectivity index (χ3n) is 2.83. The van der Waals surface area contributed by atoms with Crippen LogP contribution in [0.1, 0.15) is 29.8 Å². The van der Waals surface area contributed by atoms with Gasteiger partial charge in [-0.05, 0) is 44.5 Å². The normalized spacial score (nSPS) is 11.4. The van der Waals surface area contributed by atoms with E-state index in [0.717, 1.165) is 5.56 Å². The summed E-state index contributed by atoms with van der Waals surface area (Å²) in [4.78, 5) is 13.9. The largest absolute Gasteiger partial charge is 0.335 e. The second-order valence-electron chi connectivity index (χ2n) is 4.83. The van der Waals surface area contributed by atoms with Crippen LogP contribution in [-0.4, -0.2) is 29.3 Å². The number of carbonyl (C=O) groups excluding carboxylic acids is 1. The van der Waals surface area contributed by atoms with Crippen molar-refractivity contribution in [3.63, 3.8) is 0 Å². The van der Waals surface area contributed by atoms with Crippen LogP contribution < -0.4 is 0 Å². The van der Waals surface area contributed by atoms with Crippen molar-refractivity contribution < 1.29 is 4.79 Å². The molecule has 0 saturated carbocycles. The second kappa shape index (κ2) is 5.28. The van der Waals surface area contributed by atoms with Crippen molar-refractivity contribution in [1.82, 2.24) is 4.90 Å². The summed E-state index contributed by atoms with van der Waals surface area (Å²) < 4.78 is 0. The monoisotopic (exact) mass is 273 g/mol. The van der Waals surface area contributed by atoms with Gasteiger partial charge in [-0.1, -0.05) is 11.6 Å². The molecule has 0 fully saturated rings. The lowest BCUT2D eigenvalue weighted by Crippen LogP contribution is -2.46. The molecular formula is C13H17Cl2NO. The van der Waals surface area contributed by atoms with Crippen molar-refractivity contribution in [2.24, 2.45) is 0 Å². The number of nitrogens with zero attached hydrogens (tertiary/aromatic N) is 1. The molecule has 0 N–H and O–H groups in total. The van der Waals surface area contributed by atoms with Gasteiger partial charge < -0.3 is 4.90 Å². The zero-order valence-electron chi connectivity index (χ0n) is 10.6. The Labute approximate surface area is 113 Å². The van der Waals surface area contributed by atoms with Gasteiger partial charge in [-0.3, -0.25) is 4.79 Å². The summed E-state index contributed by atoms with van der Waals surface area (Å²) in [6, 6.07) is 5.33. The third kappa shape index (κ3) is 3.36. The van der Waals surface area contributed by atoms with Gasteiger partial charge in [0, 0.05) is 23.5 Å². The topological polar surface area (TPSA) is 20.3 Å². The van der Waals surface area contributed by atoms with Crippen LogP contribution >= 0.6 is 23.2 Å². The van der Waals surface area contributed by atoms with Crippen molar-refractivity contribution in [3.8, 4) is 0 Å². The summed E-state index contributed by atoms with van der Waals surface area (Å²) in [5, 5.41) is 0.574. The number of hydrogen-bond acceptors (Lipinski definition) is 1. The highest BCUT2D eigenvalue weighted by atomic mass is 35.5. The first kappa shape index (κ1) is 14.3. The number of rotatable bonds is 3. The van der Waals surface area contributed by atoms with E-state index in [1.54, 1.807) is 18.0 Å². The highest BCUT2D eigenvalue weighted by Crippen LogP contribution is 2.20. The smallest absolute Gasteiger partial charge is 0.254 e. The van der Waals surface area contributed by atoms with Gasteiger partial charge in [0.1, 0.15) is 0 Å². The fraction of sp³-hybridized carbons (Fsp3) is 0.462. The van der Waals surface area contributed by atoms with Crippen LogP contribution in [0, 0.1) is 6.92 Å². The minimum absolute atomic E-state index is 0.0683. The fourth-order valence-electron chi connectivity index (χ4n) is 1.42. The van der Waals surface area contributed by atoms with Crippen LogP contribution in [0.5, 0.6) is 0 Å². The third-order valence-corrected chi connectivity index (χ3v) is 3.70. The molecular weight excluding hydrogens is 257 g/mol. The number of amides is 1. The molecule has 1 amide bonds. The molecule has 0 atom stereocenters. The average molecular weight is 274 g/mol. The van der Waals surface area contributed by atoms with Crippen molar-refractivity contribution in [1.29, 1.82) is 0 Å². The van der Waals surface area contributed by atoms with E-state index >= 15 is 0 Å². The van der Waals surface area contributed by atoms with E-state index in [1.807, 2.05) is 32.9 Å². The maximum atomic E-state index is 12.3. The predicted octanol–water partition coefficient (Wildman–Crippen LogP) is 3.74. The van der Waals surface area contributed by atoms with Gasteiger partial charge in [0.2, 0.25) is 0 Å². The fourth-order valence-corrected chi connectivity index (χ4v) is 1.89. The molecule has 0 aromatic heterocycles. The number of benzene rings is 1. The lowest BCUT2D eigenvalue weighted by molar-refractivity contribution is 0.0660. The van der Waals surface area contributed by atoms with Gasteiger partial charge in [-0.2, -0.15) is 0 Å². The van der Waals surface area contributed by atoms with Gasteiger partial charge in [0.05, 0.1) is 5.54 Å². The Balaban J connectivity index is 3.04. The van der Waals surface area contributed by atoms with E-state index in [2.05, 4.69) is 0 Å². The molecule has 17 heavy (non-hydrogen) atoms. The van der Waals surface area contributed by atoms with Gasteiger partial charge in [0.15, 0.2) is 0 Å². The Morgan fingerprint density at radius 2 is 1.94 bits per heavy atom. The molecule has 0 heterocycles. The molecule has 0 aliphatic rings. The van der Waals surface area contributed by atoms with Crippen molar-refractivity contribution in [2.45, 2.75) is 26.3 Å². The molecule has 0 unspecified atom stereocenters. The Bertz CT molecular complexity index is 409. The quantitative estimate of drug-likeness (QED) is 0.769. The van der Waals surface area contributed by atoms with E-state index in [-0.39, 0.29) is 11.4 Å². The number of carbonyl (C=O) groups is 1. The van der Waals surface area contributed by atoms with Gasteiger partial charge >= 0.3 is 0 Å². The number of alkyl halides is 1. The highest BCUT2D eigenvalue weighted by molar-refractivity contribution is 6.31. The van der Waals surface area contributed by atoms with Crippen LogP contribution in [0.2, 0.25) is 5.02 Å². The van der Waals surface area contributed by atoms with E-state index in [1.165, 1.54) is 0 Å². The number of aryl methyl sites for hydroxylation is 1. The Kier molecular flexibility index (Phi) is 4.45. The Morgan fingerprint density at radius 3 is 2.41 bits per heavy atom. The lowest BCUT2D eigenvalue weighted by Gasteiger charge is -2.34. The summed E-state index contributed by atoms with van der Waals surface area (Å²) in [5.74, 6) is 0.315. The van der Waals surface area contributed by atoms with Crippen LogP contribution in [0.4, 0.5) is 0 Å². The molecule has 0 radical (unpaired) electrons. The molecule has 1 aromatic carbocycles. The predicted molar refractivity (Wildman–Crippen MR) is 73.1 cm³/mol. The molecule has 2 nitrogen and oxygen atoms in total. The summed E-state index contributed by atoms with van der Waals surface area (Å²) in [6.07, 6.45) is 0. The SMILES string of the molecule is Cc1cc(Cl)cc(C(=O)N(C)C(C)(C)CCl)c1. The van der Waals surface area contributed by atoms with E-state index in [4.69, 9.17) is 23.2 Å². The molecule has 0 spiro atoms. The van der Waals surface area contributed by atoms with Gasteiger partial charge in [0.25, 0.3) is 5.91 Å². The summed E-state index contributed by atoms with van der Waals surface area (Å²) in [6.45, 7) is 5.76. The van der Waals surface area contributed by atoms with Crippen LogP contribution in [0.3, 0.4) is 0 Å². The Morgan fingerprint density at radius 1 is 1.35 bits per heavy atom. The zero-order valence-corrected chi connectivity index (χ0v) is 12.1. The summed E-state index contributed by atoms with van der Waals surface area (Å²) >= 11 is 11.8. The first-order chi connectivity index (χ1) is 7.77. The maximum absolute atomic E-state index is 12.3. The van der Waals surface area contributed by atoms with Crippen molar-refractivity contribution in [3.05, 3.63) is 34.3 Å².